The Labute approximate surface area is 327 Å². The lowest BCUT2D eigenvalue weighted by Gasteiger charge is -2.11. The Morgan fingerprint density at radius 3 is 1.70 bits per heavy atom. The molecule has 3 heterocycles. The minimum absolute atomic E-state index is 0.639. The zero-order valence-corrected chi connectivity index (χ0v) is 30.9. The molecule has 0 aliphatic rings. The van der Waals surface area contributed by atoms with Crippen LogP contribution in [0.2, 0.25) is 0 Å². The van der Waals surface area contributed by atoms with Gasteiger partial charge < -0.3 is 4.42 Å². The van der Waals surface area contributed by atoms with Gasteiger partial charge in [-0.15, -0.1) is 11.3 Å². The van der Waals surface area contributed by atoms with Crippen LogP contribution in [0, 0.1) is 0 Å². The summed E-state index contributed by atoms with van der Waals surface area (Å²) in [5.74, 6) is 1.92. The Morgan fingerprint density at radius 1 is 0.321 bits per heavy atom. The number of thiophene rings is 1. The number of furan rings is 1. The first-order valence-corrected chi connectivity index (χ1v) is 19.5. The van der Waals surface area contributed by atoms with E-state index in [1.807, 2.05) is 42.5 Å². The average Bonchev–Trinajstić information content (AvgIpc) is 3.85. The molecule has 0 saturated carbocycles. The summed E-state index contributed by atoms with van der Waals surface area (Å²) in [6.07, 6.45) is 0. The summed E-state index contributed by atoms with van der Waals surface area (Å²) in [4.78, 5) is 15.2. The first-order chi connectivity index (χ1) is 27.7. The first kappa shape index (κ1) is 32.2. The molecule has 0 saturated heterocycles. The maximum atomic E-state index is 6.52. The third kappa shape index (κ3) is 5.56. The van der Waals surface area contributed by atoms with Gasteiger partial charge in [-0.05, 0) is 69.8 Å². The Hall–Kier alpha value is -7.21. The molecule has 3 aromatic heterocycles. The normalized spacial score (nSPS) is 11.6. The monoisotopic (exact) mass is 733 g/mol. The molecule has 56 heavy (non-hydrogen) atoms. The van der Waals surface area contributed by atoms with E-state index in [-0.39, 0.29) is 0 Å². The predicted octanol–water partition coefficient (Wildman–Crippen LogP) is 14.1. The third-order valence-electron chi connectivity index (χ3n) is 10.5. The Kier molecular flexibility index (Phi) is 7.64. The van der Waals surface area contributed by atoms with Crippen LogP contribution in [0.4, 0.5) is 0 Å². The minimum Gasteiger partial charge on any atom is -0.456 e. The molecule has 5 heteroatoms. The van der Waals surface area contributed by atoms with Crippen LogP contribution in [-0.2, 0) is 0 Å². The van der Waals surface area contributed by atoms with Crippen molar-refractivity contribution >= 4 is 53.4 Å². The highest BCUT2D eigenvalue weighted by Gasteiger charge is 2.19. The third-order valence-corrected chi connectivity index (χ3v) is 11.6. The highest BCUT2D eigenvalue weighted by Crippen LogP contribution is 2.45. The number of benzene rings is 8. The van der Waals surface area contributed by atoms with Gasteiger partial charge in [-0.3, -0.25) is 0 Å². The largest absolute Gasteiger partial charge is 0.456 e. The van der Waals surface area contributed by atoms with Gasteiger partial charge in [0.2, 0.25) is 0 Å². The zero-order valence-electron chi connectivity index (χ0n) is 30.1. The standard InChI is InChI=1S/C51H31N3OS/c1-4-14-32(15-5-1)35-20-12-21-36(28-35)50-52-49(34-18-8-3-9-19-34)53-51(54-50)37-26-27-41-46(31-37)56-45-25-13-23-39(48(41)45)38-29-42(33-16-6-2-7-17-33)47-40-22-10-11-24-43(40)55-44(47)30-38/h1-31H. The molecule has 4 nitrogen and oxygen atoms in total. The molecule has 0 amide bonds. The van der Waals surface area contributed by atoms with Gasteiger partial charge in [-0.2, -0.15) is 0 Å². The Morgan fingerprint density at radius 2 is 0.929 bits per heavy atom. The Balaban J connectivity index is 1.07. The average molecular weight is 734 g/mol. The number of para-hydroxylation sites is 1. The minimum atomic E-state index is 0.639. The van der Waals surface area contributed by atoms with Crippen LogP contribution in [0.5, 0.6) is 0 Å². The van der Waals surface area contributed by atoms with Gasteiger partial charge >= 0.3 is 0 Å². The molecule has 0 N–H and O–H groups in total. The van der Waals surface area contributed by atoms with Crippen molar-refractivity contribution in [2.75, 3.05) is 0 Å². The van der Waals surface area contributed by atoms with E-state index in [2.05, 4.69) is 146 Å². The summed E-state index contributed by atoms with van der Waals surface area (Å²) in [6.45, 7) is 0. The van der Waals surface area contributed by atoms with E-state index in [1.54, 1.807) is 11.3 Å². The van der Waals surface area contributed by atoms with Crippen LogP contribution in [0.1, 0.15) is 0 Å². The molecular weight excluding hydrogens is 703 g/mol. The smallest absolute Gasteiger partial charge is 0.164 e. The van der Waals surface area contributed by atoms with Crippen LogP contribution in [0.25, 0.3) is 110 Å². The molecule has 0 aliphatic heterocycles. The molecule has 0 unspecified atom stereocenters. The molecule has 8 aromatic carbocycles. The van der Waals surface area contributed by atoms with Crippen molar-refractivity contribution in [2.45, 2.75) is 0 Å². The first-order valence-electron chi connectivity index (χ1n) is 18.7. The molecule has 11 rings (SSSR count). The molecule has 0 radical (unpaired) electrons. The van der Waals surface area contributed by atoms with Crippen LogP contribution in [-0.4, -0.2) is 15.0 Å². The van der Waals surface area contributed by atoms with Gasteiger partial charge in [0.1, 0.15) is 11.2 Å². The lowest BCUT2D eigenvalue weighted by Crippen LogP contribution is -2.00. The number of hydrogen-bond donors (Lipinski definition) is 0. The zero-order chi connectivity index (χ0) is 37.0. The fraction of sp³-hybridized carbons (Fsp3) is 0. The van der Waals surface area contributed by atoms with Crippen molar-refractivity contribution in [3.63, 3.8) is 0 Å². The maximum absolute atomic E-state index is 6.52. The van der Waals surface area contributed by atoms with Crippen LogP contribution < -0.4 is 0 Å². The van der Waals surface area contributed by atoms with E-state index >= 15 is 0 Å². The van der Waals surface area contributed by atoms with Crippen molar-refractivity contribution in [1.29, 1.82) is 0 Å². The van der Waals surface area contributed by atoms with Gasteiger partial charge in [-0.25, -0.2) is 15.0 Å². The van der Waals surface area contributed by atoms with E-state index in [1.165, 1.54) is 25.7 Å². The summed E-state index contributed by atoms with van der Waals surface area (Å²) >= 11 is 1.79. The highest BCUT2D eigenvalue weighted by molar-refractivity contribution is 7.26. The van der Waals surface area contributed by atoms with Crippen molar-refractivity contribution in [3.05, 3.63) is 188 Å². The topological polar surface area (TPSA) is 51.8 Å². The number of hydrogen-bond acceptors (Lipinski definition) is 5. The number of nitrogens with zero attached hydrogens (tertiary/aromatic N) is 3. The van der Waals surface area contributed by atoms with E-state index in [0.29, 0.717) is 17.5 Å². The maximum Gasteiger partial charge on any atom is 0.164 e. The molecule has 11 aromatic rings. The van der Waals surface area contributed by atoms with Gasteiger partial charge in [0, 0.05) is 47.6 Å². The summed E-state index contributed by atoms with van der Waals surface area (Å²) in [5, 5.41) is 4.69. The van der Waals surface area contributed by atoms with Crippen molar-refractivity contribution in [3.8, 4) is 67.5 Å². The molecule has 262 valence electrons. The second-order valence-electron chi connectivity index (χ2n) is 14.0. The molecule has 0 aliphatic carbocycles. The van der Waals surface area contributed by atoms with Gasteiger partial charge in [0.05, 0.1) is 0 Å². The summed E-state index contributed by atoms with van der Waals surface area (Å²) in [5.41, 5.74) is 11.5. The van der Waals surface area contributed by atoms with Crippen molar-refractivity contribution in [2.24, 2.45) is 0 Å². The predicted molar refractivity (Wildman–Crippen MR) is 233 cm³/mol. The van der Waals surface area contributed by atoms with Gasteiger partial charge in [-0.1, -0.05) is 152 Å². The highest BCUT2D eigenvalue weighted by atomic mass is 32.1. The van der Waals surface area contributed by atoms with Crippen LogP contribution >= 0.6 is 11.3 Å². The molecule has 0 spiro atoms. The summed E-state index contributed by atoms with van der Waals surface area (Å²) in [7, 11) is 0. The van der Waals surface area contributed by atoms with E-state index in [4.69, 9.17) is 19.4 Å². The fourth-order valence-electron chi connectivity index (χ4n) is 7.88. The van der Waals surface area contributed by atoms with E-state index < -0.39 is 0 Å². The number of rotatable bonds is 6. The van der Waals surface area contributed by atoms with E-state index in [0.717, 1.165) is 66.4 Å². The van der Waals surface area contributed by atoms with E-state index in [9.17, 15) is 0 Å². The van der Waals surface area contributed by atoms with Crippen LogP contribution in [0.15, 0.2) is 192 Å². The summed E-state index contributed by atoms with van der Waals surface area (Å²) < 4.78 is 8.91. The fourth-order valence-corrected chi connectivity index (χ4v) is 9.05. The molecule has 0 bridgehead atoms. The van der Waals surface area contributed by atoms with Gasteiger partial charge in [0.15, 0.2) is 17.5 Å². The number of aromatic nitrogens is 3. The lowest BCUT2D eigenvalue weighted by molar-refractivity contribution is 0.669. The van der Waals surface area contributed by atoms with Gasteiger partial charge in [0.25, 0.3) is 0 Å². The SMILES string of the molecule is c1ccc(-c2cccc(-c3nc(-c4ccccc4)nc(-c4ccc5c(c4)sc4cccc(-c6cc(-c7ccccc7)c7c(c6)oc6ccccc67)c45)n3)c2)cc1. The van der Waals surface area contributed by atoms with Crippen molar-refractivity contribution in [1.82, 2.24) is 15.0 Å². The molecular formula is C51H31N3OS. The second-order valence-corrected chi connectivity index (χ2v) is 15.1. The molecule has 0 fully saturated rings. The van der Waals surface area contributed by atoms with Crippen LogP contribution in [0.3, 0.4) is 0 Å². The lowest BCUT2D eigenvalue weighted by atomic mass is 9.92. The second kappa shape index (κ2) is 13.3. The quantitative estimate of drug-likeness (QED) is 0.171. The number of fused-ring (bicyclic) bond motifs is 6. The summed E-state index contributed by atoms with van der Waals surface area (Å²) in [6, 6.07) is 65.7. The van der Waals surface area contributed by atoms with Crippen molar-refractivity contribution < 1.29 is 4.42 Å². The Bertz CT molecular complexity index is 3240. The molecule has 0 atom stereocenters.